The fraction of sp³-hybridized carbons (Fsp3) is 0.120. The van der Waals surface area contributed by atoms with Crippen LogP contribution in [-0.2, 0) is 4.79 Å². The Morgan fingerprint density at radius 2 is 1.91 bits per heavy atom. The monoisotopic (exact) mass is 464 g/mol. The third-order valence-electron chi connectivity index (χ3n) is 5.12. The van der Waals surface area contributed by atoms with Gasteiger partial charge in [-0.25, -0.2) is 9.18 Å². The molecule has 1 aliphatic heterocycles. The molecule has 0 saturated carbocycles. The maximum absolute atomic E-state index is 14.5. The van der Waals surface area contributed by atoms with E-state index in [-0.39, 0.29) is 35.1 Å². The molecule has 0 radical (unpaired) electrons. The number of nitrogens with two attached hydrogens (primary N) is 1. The van der Waals surface area contributed by atoms with E-state index in [1.165, 1.54) is 18.2 Å². The lowest BCUT2D eigenvalue weighted by Crippen LogP contribution is -2.22. The third kappa shape index (κ3) is 4.61. The number of aryl methyl sites for hydroxylation is 1. The first-order valence-corrected chi connectivity index (χ1v) is 10.3. The summed E-state index contributed by atoms with van der Waals surface area (Å²) in [6.45, 7) is 1.50. The van der Waals surface area contributed by atoms with E-state index in [0.29, 0.717) is 16.3 Å². The van der Waals surface area contributed by atoms with Crippen LogP contribution in [-0.4, -0.2) is 12.6 Å². The second-order valence-electron chi connectivity index (χ2n) is 7.32. The quantitative estimate of drug-likeness (QED) is 0.422. The Morgan fingerprint density at radius 1 is 1.15 bits per heavy atom. The molecule has 1 aliphatic rings. The number of fused-ring (bicyclic) bond motifs is 1. The minimum atomic E-state index is -0.749. The van der Waals surface area contributed by atoms with Crippen LogP contribution in [0.3, 0.4) is 0 Å². The average Bonchev–Trinajstić information content (AvgIpc) is 2.79. The van der Waals surface area contributed by atoms with E-state index in [1.54, 1.807) is 42.5 Å². The van der Waals surface area contributed by atoms with Gasteiger partial charge in [-0.15, -0.1) is 0 Å². The van der Waals surface area contributed by atoms with Crippen LogP contribution in [0.5, 0.6) is 17.2 Å². The number of hydrogen-bond acceptors (Lipinski definition) is 6. The van der Waals surface area contributed by atoms with Crippen LogP contribution >= 0.6 is 11.6 Å². The van der Waals surface area contributed by atoms with Crippen molar-refractivity contribution in [2.75, 3.05) is 6.61 Å². The largest absolute Gasteiger partial charge is 0.482 e. The number of benzene rings is 3. The number of ether oxygens (including phenoxy) is 3. The van der Waals surface area contributed by atoms with E-state index in [1.807, 2.05) is 13.0 Å². The number of carbonyl (C=O) groups is 1. The lowest BCUT2D eigenvalue weighted by atomic mass is 9.83. The molecule has 0 fully saturated rings. The van der Waals surface area contributed by atoms with E-state index >= 15 is 0 Å². The van der Waals surface area contributed by atoms with Crippen LogP contribution in [0.15, 0.2) is 72.1 Å². The van der Waals surface area contributed by atoms with Gasteiger partial charge in [0.1, 0.15) is 34.7 Å². The predicted molar refractivity (Wildman–Crippen MR) is 119 cm³/mol. The van der Waals surface area contributed by atoms with Gasteiger partial charge in [0.05, 0.1) is 5.92 Å². The molecule has 0 aliphatic carbocycles. The molecule has 6 nitrogen and oxygen atoms in total. The Bertz CT molecular complexity index is 1320. The molecule has 0 amide bonds. The molecule has 33 heavy (non-hydrogen) atoms. The van der Waals surface area contributed by atoms with Crippen LogP contribution < -0.4 is 19.9 Å². The molecular weight excluding hydrogens is 447 g/mol. The number of halogens is 2. The SMILES string of the molecule is Cc1cc(OCC(=O)Oc2ccc3c(c2)OC(N)=C(C#N)C3c2ccccc2F)ccc1Cl. The van der Waals surface area contributed by atoms with Crippen LogP contribution in [0.25, 0.3) is 0 Å². The minimum Gasteiger partial charge on any atom is -0.482 e. The zero-order chi connectivity index (χ0) is 23.5. The van der Waals surface area contributed by atoms with E-state index in [0.717, 1.165) is 5.56 Å². The molecule has 1 heterocycles. The minimum absolute atomic E-state index is 0.101. The first kappa shape index (κ1) is 22.2. The smallest absolute Gasteiger partial charge is 0.349 e. The maximum Gasteiger partial charge on any atom is 0.349 e. The van der Waals surface area contributed by atoms with Crippen LogP contribution in [0, 0.1) is 24.1 Å². The summed E-state index contributed by atoms with van der Waals surface area (Å²) in [7, 11) is 0. The average molecular weight is 465 g/mol. The van der Waals surface area contributed by atoms with Crippen molar-refractivity contribution in [3.8, 4) is 23.3 Å². The van der Waals surface area contributed by atoms with Crippen molar-refractivity contribution in [3.05, 3.63) is 99.7 Å². The first-order valence-electron chi connectivity index (χ1n) is 9.93. The maximum atomic E-state index is 14.5. The van der Waals surface area contributed by atoms with Crippen molar-refractivity contribution in [3.63, 3.8) is 0 Å². The highest BCUT2D eigenvalue weighted by molar-refractivity contribution is 6.31. The summed E-state index contributed by atoms with van der Waals surface area (Å²) in [5.74, 6) is -1.05. The van der Waals surface area contributed by atoms with Crippen LogP contribution in [0.4, 0.5) is 4.39 Å². The Kier molecular flexibility index (Phi) is 6.20. The normalized spacial score (nSPS) is 14.7. The Labute approximate surface area is 194 Å². The number of esters is 1. The third-order valence-corrected chi connectivity index (χ3v) is 5.55. The highest BCUT2D eigenvalue weighted by Crippen LogP contribution is 2.44. The molecular formula is C25H18ClFN2O4. The van der Waals surface area contributed by atoms with E-state index in [2.05, 4.69) is 0 Å². The van der Waals surface area contributed by atoms with Gasteiger partial charge in [-0.05, 0) is 42.8 Å². The van der Waals surface area contributed by atoms with Gasteiger partial charge in [-0.3, -0.25) is 0 Å². The first-order chi connectivity index (χ1) is 15.9. The molecule has 0 aromatic heterocycles. The summed E-state index contributed by atoms with van der Waals surface area (Å²) in [6, 6.07) is 17.8. The fourth-order valence-corrected chi connectivity index (χ4v) is 3.66. The van der Waals surface area contributed by atoms with Crippen LogP contribution in [0.2, 0.25) is 5.02 Å². The molecule has 0 bridgehead atoms. The summed E-state index contributed by atoms with van der Waals surface area (Å²) in [5.41, 5.74) is 7.68. The summed E-state index contributed by atoms with van der Waals surface area (Å²) < 4.78 is 30.9. The van der Waals surface area contributed by atoms with Gasteiger partial charge in [0, 0.05) is 22.2 Å². The molecule has 0 saturated heterocycles. The van der Waals surface area contributed by atoms with Crippen molar-refractivity contribution in [2.24, 2.45) is 5.73 Å². The number of allylic oxidation sites excluding steroid dienone is 1. The number of hydrogen-bond donors (Lipinski definition) is 1. The topological polar surface area (TPSA) is 94.6 Å². The van der Waals surface area contributed by atoms with Crippen molar-refractivity contribution in [2.45, 2.75) is 12.8 Å². The molecule has 166 valence electrons. The Morgan fingerprint density at radius 3 is 2.64 bits per heavy atom. The predicted octanol–water partition coefficient (Wildman–Crippen LogP) is 4.99. The van der Waals surface area contributed by atoms with Crippen molar-refractivity contribution < 1.29 is 23.4 Å². The highest BCUT2D eigenvalue weighted by atomic mass is 35.5. The number of nitrogens with zero attached hydrogens (tertiary/aromatic N) is 1. The molecule has 1 atom stereocenters. The molecule has 8 heteroatoms. The molecule has 1 unspecified atom stereocenters. The second kappa shape index (κ2) is 9.23. The van der Waals surface area contributed by atoms with E-state index < -0.39 is 17.7 Å². The van der Waals surface area contributed by atoms with Crippen LogP contribution in [0.1, 0.15) is 22.6 Å². The fourth-order valence-electron chi connectivity index (χ4n) is 3.54. The molecule has 2 N–H and O–H groups in total. The van der Waals surface area contributed by atoms with Gasteiger partial charge in [0.2, 0.25) is 5.88 Å². The van der Waals surface area contributed by atoms with Gasteiger partial charge in [-0.2, -0.15) is 5.26 Å². The summed E-state index contributed by atoms with van der Waals surface area (Å²) in [5, 5.41) is 10.2. The summed E-state index contributed by atoms with van der Waals surface area (Å²) in [4.78, 5) is 12.3. The Balaban J connectivity index is 1.54. The van der Waals surface area contributed by atoms with Gasteiger partial charge in [0.25, 0.3) is 0 Å². The van der Waals surface area contributed by atoms with Gasteiger partial charge < -0.3 is 19.9 Å². The molecule has 3 aromatic rings. The summed E-state index contributed by atoms with van der Waals surface area (Å²) in [6.07, 6.45) is 0. The molecule has 3 aromatic carbocycles. The number of carbonyl (C=O) groups excluding carboxylic acids is 1. The highest BCUT2D eigenvalue weighted by Gasteiger charge is 2.32. The summed E-state index contributed by atoms with van der Waals surface area (Å²) >= 11 is 5.99. The second-order valence-corrected chi connectivity index (χ2v) is 7.73. The van der Waals surface area contributed by atoms with Crippen molar-refractivity contribution in [1.82, 2.24) is 0 Å². The lowest BCUT2D eigenvalue weighted by molar-refractivity contribution is -0.136. The number of nitriles is 1. The van der Waals surface area contributed by atoms with Gasteiger partial charge in [0.15, 0.2) is 6.61 Å². The molecule has 4 rings (SSSR count). The zero-order valence-electron chi connectivity index (χ0n) is 17.5. The van der Waals surface area contributed by atoms with Crippen molar-refractivity contribution in [1.29, 1.82) is 5.26 Å². The lowest BCUT2D eigenvalue weighted by Gasteiger charge is -2.27. The zero-order valence-corrected chi connectivity index (χ0v) is 18.2. The number of rotatable bonds is 5. The van der Waals surface area contributed by atoms with Gasteiger partial charge in [-0.1, -0.05) is 35.9 Å². The van der Waals surface area contributed by atoms with E-state index in [9.17, 15) is 14.4 Å². The molecule has 0 spiro atoms. The van der Waals surface area contributed by atoms with E-state index in [4.69, 9.17) is 31.5 Å². The van der Waals surface area contributed by atoms with Crippen molar-refractivity contribution >= 4 is 17.6 Å². The Hall–Kier alpha value is -4.02. The standard InChI is InChI=1S/C25H18ClFN2O4/c1-14-10-15(7-9-20(14)26)31-13-23(30)32-16-6-8-18-22(11-16)33-25(29)19(12-28)24(18)17-4-2-3-5-21(17)27/h2-11,24H,13,29H2,1H3. The van der Waals surface area contributed by atoms with Gasteiger partial charge >= 0.3 is 5.97 Å².